The fraction of sp³-hybridized carbons (Fsp3) is 0. The standard InChI is InChI=1S/C16H4F10S/c17-7-3-1-5(9(19)13(7)23)11(21)15(25)27-16(26)12(22)6-2-4-8(18)14(24)10(6)20/h1-4H. The van der Waals surface area contributed by atoms with E-state index in [9.17, 15) is 43.9 Å². The number of rotatable bonds is 4. The molecular weight excluding hydrogens is 414 g/mol. The molecule has 0 fully saturated rings. The second-order valence-corrected chi connectivity index (χ2v) is 5.64. The number of benzene rings is 2. The highest BCUT2D eigenvalue weighted by molar-refractivity contribution is 8.06. The van der Waals surface area contributed by atoms with Gasteiger partial charge in [0.1, 0.15) is 0 Å². The third kappa shape index (κ3) is 4.12. The monoisotopic (exact) mass is 418 g/mol. The van der Waals surface area contributed by atoms with Crippen LogP contribution < -0.4 is 0 Å². The van der Waals surface area contributed by atoms with Gasteiger partial charge in [-0.05, 0) is 36.0 Å². The van der Waals surface area contributed by atoms with Crippen LogP contribution in [0.2, 0.25) is 0 Å². The van der Waals surface area contributed by atoms with Crippen LogP contribution in [0.1, 0.15) is 11.1 Å². The minimum Gasteiger partial charge on any atom is -0.204 e. The first kappa shape index (κ1) is 20.9. The van der Waals surface area contributed by atoms with Gasteiger partial charge in [0.05, 0.1) is 11.1 Å². The second-order valence-electron chi connectivity index (χ2n) is 4.72. The lowest BCUT2D eigenvalue weighted by atomic mass is 10.2. The Morgan fingerprint density at radius 3 is 1.19 bits per heavy atom. The van der Waals surface area contributed by atoms with Crippen molar-refractivity contribution in [3.63, 3.8) is 0 Å². The molecule has 0 aliphatic carbocycles. The van der Waals surface area contributed by atoms with Crippen LogP contribution in [0, 0.1) is 34.9 Å². The van der Waals surface area contributed by atoms with Crippen LogP contribution in [0.3, 0.4) is 0 Å². The zero-order valence-electron chi connectivity index (χ0n) is 12.5. The highest BCUT2D eigenvalue weighted by atomic mass is 32.2. The summed E-state index contributed by atoms with van der Waals surface area (Å²) < 4.78 is 133. The molecule has 0 saturated carbocycles. The van der Waals surface area contributed by atoms with E-state index in [-0.39, 0.29) is 12.1 Å². The lowest BCUT2D eigenvalue weighted by molar-refractivity contribution is 0.443. The molecule has 0 radical (unpaired) electrons. The molecule has 0 atom stereocenters. The summed E-state index contributed by atoms with van der Waals surface area (Å²) in [6.45, 7) is 0. The number of hydrogen-bond acceptors (Lipinski definition) is 1. The minimum atomic E-state index is -2.23. The molecule has 0 saturated heterocycles. The van der Waals surface area contributed by atoms with Crippen molar-refractivity contribution < 1.29 is 43.9 Å². The fourth-order valence-corrected chi connectivity index (χ4v) is 2.33. The lowest BCUT2D eigenvalue weighted by Crippen LogP contribution is -1.97. The van der Waals surface area contributed by atoms with E-state index in [4.69, 9.17) is 0 Å². The molecule has 144 valence electrons. The van der Waals surface area contributed by atoms with Gasteiger partial charge in [0, 0.05) is 0 Å². The third-order valence-electron chi connectivity index (χ3n) is 3.07. The molecule has 0 bridgehead atoms. The molecule has 0 aromatic heterocycles. The average molecular weight is 418 g/mol. The molecule has 0 aliphatic heterocycles. The first-order valence-electron chi connectivity index (χ1n) is 6.62. The molecule has 2 aromatic rings. The summed E-state index contributed by atoms with van der Waals surface area (Å²) in [6, 6.07) is 1.12. The van der Waals surface area contributed by atoms with Crippen molar-refractivity contribution in [1.29, 1.82) is 0 Å². The van der Waals surface area contributed by atoms with Gasteiger partial charge in [-0.25, -0.2) is 35.1 Å². The van der Waals surface area contributed by atoms with Gasteiger partial charge in [-0.3, -0.25) is 0 Å². The van der Waals surface area contributed by atoms with E-state index in [1.54, 1.807) is 0 Å². The molecule has 11 heteroatoms. The molecule has 0 nitrogen and oxygen atoms in total. The summed E-state index contributed by atoms with van der Waals surface area (Å²) in [4.78, 5) is 0. The summed E-state index contributed by atoms with van der Waals surface area (Å²) in [5, 5.41) is -4.45. The van der Waals surface area contributed by atoms with Gasteiger partial charge in [-0.2, -0.15) is 8.78 Å². The number of halogens is 10. The van der Waals surface area contributed by atoms with Crippen molar-refractivity contribution in [1.82, 2.24) is 0 Å². The maximum absolute atomic E-state index is 13.8. The first-order valence-corrected chi connectivity index (χ1v) is 7.44. The van der Waals surface area contributed by atoms with Crippen LogP contribution >= 0.6 is 11.8 Å². The Labute approximate surface area is 148 Å². The Hall–Kier alpha value is -2.43. The summed E-state index contributed by atoms with van der Waals surface area (Å²) in [5.74, 6) is -16.3. The summed E-state index contributed by atoms with van der Waals surface area (Å²) in [7, 11) is 0. The van der Waals surface area contributed by atoms with E-state index in [2.05, 4.69) is 0 Å². The van der Waals surface area contributed by atoms with Gasteiger partial charge in [0.25, 0.3) is 0 Å². The Balaban J connectivity index is 2.43. The number of thioether (sulfide) groups is 1. The summed E-state index contributed by atoms with van der Waals surface area (Å²) >= 11 is -0.947. The van der Waals surface area contributed by atoms with Crippen LogP contribution in [0.25, 0.3) is 11.7 Å². The quantitative estimate of drug-likeness (QED) is 0.378. The molecule has 0 amide bonds. The molecule has 0 N–H and O–H groups in total. The molecule has 0 spiro atoms. The molecule has 0 heterocycles. The largest absolute Gasteiger partial charge is 0.204 e. The van der Waals surface area contributed by atoms with Gasteiger partial charge >= 0.3 is 0 Å². The van der Waals surface area contributed by atoms with E-state index in [0.717, 1.165) is 0 Å². The highest BCUT2D eigenvalue weighted by Crippen LogP contribution is 2.40. The van der Waals surface area contributed by atoms with Gasteiger partial charge in [-0.15, -0.1) is 0 Å². The van der Waals surface area contributed by atoms with Crippen LogP contribution in [-0.4, -0.2) is 0 Å². The van der Waals surface area contributed by atoms with Crippen molar-refractivity contribution in [3.05, 3.63) is 80.6 Å². The fourth-order valence-electron chi connectivity index (χ4n) is 1.77. The summed E-state index contributed by atoms with van der Waals surface area (Å²) in [6.07, 6.45) is 0. The van der Waals surface area contributed by atoms with Crippen LogP contribution in [-0.2, 0) is 0 Å². The van der Waals surface area contributed by atoms with Crippen molar-refractivity contribution in [2.45, 2.75) is 0 Å². The van der Waals surface area contributed by atoms with E-state index in [1.165, 1.54) is 0 Å². The smallest absolute Gasteiger partial charge is 0.199 e. The molecule has 2 aromatic carbocycles. The Morgan fingerprint density at radius 2 is 0.852 bits per heavy atom. The van der Waals surface area contributed by atoms with E-state index < -0.39 is 79.8 Å². The molecule has 27 heavy (non-hydrogen) atoms. The molecule has 0 aliphatic rings. The third-order valence-corrected chi connectivity index (χ3v) is 3.78. The van der Waals surface area contributed by atoms with Gasteiger partial charge in [0.2, 0.25) is 0 Å². The van der Waals surface area contributed by atoms with Crippen molar-refractivity contribution >= 4 is 23.4 Å². The Kier molecular flexibility index (Phi) is 6.24. The Morgan fingerprint density at radius 1 is 0.519 bits per heavy atom. The average Bonchev–Trinajstić information content (AvgIpc) is 2.63. The van der Waals surface area contributed by atoms with E-state index in [0.29, 0.717) is 12.1 Å². The maximum Gasteiger partial charge on any atom is 0.199 e. The highest BCUT2D eigenvalue weighted by Gasteiger charge is 2.24. The predicted octanol–water partition coefficient (Wildman–Crippen LogP) is 7.08. The van der Waals surface area contributed by atoms with Crippen molar-refractivity contribution in [2.24, 2.45) is 0 Å². The van der Waals surface area contributed by atoms with E-state index in [1.807, 2.05) is 0 Å². The van der Waals surface area contributed by atoms with Crippen molar-refractivity contribution in [3.8, 4) is 0 Å². The van der Waals surface area contributed by atoms with Gasteiger partial charge in [0.15, 0.2) is 56.9 Å². The minimum absolute atomic E-state index is 0.259. The zero-order valence-corrected chi connectivity index (χ0v) is 13.3. The van der Waals surface area contributed by atoms with E-state index >= 15 is 0 Å². The lowest BCUT2D eigenvalue weighted by Gasteiger charge is -2.05. The normalized spacial score (nSPS) is 13.4. The van der Waals surface area contributed by atoms with Gasteiger partial charge < -0.3 is 0 Å². The zero-order chi connectivity index (χ0) is 20.5. The van der Waals surface area contributed by atoms with Crippen LogP contribution in [0.5, 0.6) is 0 Å². The van der Waals surface area contributed by atoms with Crippen LogP contribution in [0.15, 0.2) is 34.6 Å². The second kappa shape index (κ2) is 8.07. The predicted molar refractivity (Wildman–Crippen MR) is 78.5 cm³/mol. The molecule has 0 unspecified atom stereocenters. The summed E-state index contributed by atoms with van der Waals surface area (Å²) in [5.41, 5.74) is -2.85. The van der Waals surface area contributed by atoms with Crippen molar-refractivity contribution in [2.75, 3.05) is 0 Å². The van der Waals surface area contributed by atoms with Gasteiger partial charge in [-0.1, -0.05) is 0 Å². The topological polar surface area (TPSA) is 0 Å². The molecular formula is C16H4F10S. The molecule has 2 rings (SSSR count). The Bertz CT molecular complexity index is 887. The SMILES string of the molecule is FC(SC(F)=C(F)c1ccc(F)c(F)c1F)=C(F)c1ccc(F)c(F)c1F. The number of hydrogen-bond donors (Lipinski definition) is 0. The van der Waals surface area contributed by atoms with Crippen LogP contribution in [0.4, 0.5) is 43.9 Å². The maximum atomic E-state index is 13.8. The first-order chi connectivity index (χ1) is 12.6.